The van der Waals surface area contributed by atoms with E-state index in [-0.39, 0.29) is 11.8 Å². The molecule has 2 atom stereocenters. The van der Waals surface area contributed by atoms with Gasteiger partial charge < -0.3 is 15.3 Å². The Balaban J connectivity index is 1.88. The third-order valence-corrected chi connectivity index (χ3v) is 4.45. The summed E-state index contributed by atoms with van der Waals surface area (Å²) in [7, 11) is 0. The van der Waals surface area contributed by atoms with E-state index >= 15 is 0 Å². The largest absolute Gasteiger partial charge is 0.479 e. The molecular formula is C16H20N2O3. The molecule has 0 aromatic heterocycles. The van der Waals surface area contributed by atoms with Crippen LogP contribution in [0.3, 0.4) is 0 Å². The maximum absolute atomic E-state index is 12.7. The number of fused-ring (bicyclic) bond motifs is 1. The summed E-state index contributed by atoms with van der Waals surface area (Å²) < 4.78 is 0. The molecule has 1 aromatic rings. The van der Waals surface area contributed by atoms with Crippen molar-refractivity contribution in [1.29, 1.82) is 0 Å². The molecule has 2 aliphatic heterocycles. The Morgan fingerprint density at radius 3 is 2.81 bits per heavy atom. The van der Waals surface area contributed by atoms with Crippen molar-refractivity contribution in [3.05, 3.63) is 35.4 Å². The monoisotopic (exact) mass is 288 g/mol. The van der Waals surface area contributed by atoms with Crippen LogP contribution >= 0.6 is 0 Å². The van der Waals surface area contributed by atoms with Gasteiger partial charge in [-0.25, -0.2) is 4.79 Å². The molecule has 5 heteroatoms. The second-order valence-corrected chi connectivity index (χ2v) is 5.76. The van der Waals surface area contributed by atoms with E-state index in [0.717, 1.165) is 36.9 Å². The number of piperidine rings is 1. The fourth-order valence-electron chi connectivity index (χ4n) is 3.37. The summed E-state index contributed by atoms with van der Waals surface area (Å²) in [4.78, 5) is 26.0. The molecule has 2 unspecified atom stereocenters. The minimum Gasteiger partial charge on any atom is -0.479 e. The Morgan fingerprint density at radius 2 is 2.10 bits per heavy atom. The highest BCUT2D eigenvalue weighted by atomic mass is 16.4. The molecule has 1 aromatic carbocycles. The van der Waals surface area contributed by atoms with E-state index in [2.05, 4.69) is 5.32 Å². The van der Waals surface area contributed by atoms with Crippen LogP contribution in [0.4, 0.5) is 0 Å². The molecule has 0 bridgehead atoms. The summed E-state index contributed by atoms with van der Waals surface area (Å²) in [6.45, 7) is 2.08. The second kappa shape index (κ2) is 5.85. The fourth-order valence-corrected chi connectivity index (χ4v) is 3.37. The summed E-state index contributed by atoms with van der Waals surface area (Å²) in [5, 5.41) is 12.8. The van der Waals surface area contributed by atoms with E-state index in [0.29, 0.717) is 13.1 Å². The van der Waals surface area contributed by atoms with Gasteiger partial charge in [-0.1, -0.05) is 24.3 Å². The fraction of sp³-hybridized carbons (Fsp3) is 0.500. The SMILES string of the molecule is O=C(O)C1c2ccccc2CCN1C(=O)C1CCCNC1. The standard InChI is InChI=1S/C16H20N2O3/c19-15(12-5-3-8-17-10-12)18-9-7-11-4-1-2-6-13(11)14(18)16(20)21/h1-2,4,6,12,14,17H,3,5,7-10H2,(H,20,21). The molecule has 1 amide bonds. The number of hydrogen-bond acceptors (Lipinski definition) is 3. The highest BCUT2D eigenvalue weighted by Gasteiger charge is 2.38. The number of benzene rings is 1. The van der Waals surface area contributed by atoms with Crippen molar-refractivity contribution in [2.45, 2.75) is 25.3 Å². The Kier molecular flexibility index (Phi) is 3.92. The Morgan fingerprint density at radius 1 is 1.29 bits per heavy atom. The van der Waals surface area contributed by atoms with E-state index in [1.165, 1.54) is 0 Å². The van der Waals surface area contributed by atoms with Gasteiger partial charge in [0.2, 0.25) is 5.91 Å². The third kappa shape index (κ3) is 2.65. The molecule has 3 rings (SSSR count). The van der Waals surface area contributed by atoms with Gasteiger partial charge in [-0.05, 0) is 36.9 Å². The molecule has 2 heterocycles. The number of rotatable bonds is 2. The summed E-state index contributed by atoms with van der Waals surface area (Å²) in [6, 6.07) is 6.69. The van der Waals surface area contributed by atoms with Gasteiger partial charge in [0.1, 0.15) is 0 Å². The highest BCUT2D eigenvalue weighted by Crippen LogP contribution is 2.31. The quantitative estimate of drug-likeness (QED) is 0.858. The number of nitrogens with zero attached hydrogens (tertiary/aromatic N) is 1. The maximum atomic E-state index is 12.7. The minimum atomic E-state index is -0.945. The average molecular weight is 288 g/mol. The topological polar surface area (TPSA) is 69.6 Å². The average Bonchev–Trinajstić information content (AvgIpc) is 2.53. The number of aliphatic carboxylic acids is 1. The molecule has 1 saturated heterocycles. The molecule has 5 nitrogen and oxygen atoms in total. The molecule has 112 valence electrons. The lowest BCUT2D eigenvalue weighted by Gasteiger charge is -2.37. The number of carboxylic acids is 1. The summed E-state index contributed by atoms with van der Waals surface area (Å²) >= 11 is 0. The molecule has 21 heavy (non-hydrogen) atoms. The van der Waals surface area contributed by atoms with Crippen LogP contribution in [0.5, 0.6) is 0 Å². The zero-order valence-corrected chi connectivity index (χ0v) is 11.9. The van der Waals surface area contributed by atoms with Crippen molar-refractivity contribution >= 4 is 11.9 Å². The second-order valence-electron chi connectivity index (χ2n) is 5.76. The molecule has 2 N–H and O–H groups in total. The third-order valence-electron chi connectivity index (χ3n) is 4.45. The normalized spacial score (nSPS) is 25.2. The number of carbonyl (C=O) groups is 2. The first-order chi connectivity index (χ1) is 10.2. The van der Waals surface area contributed by atoms with Crippen LogP contribution in [-0.4, -0.2) is 41.5 Å². The molecule has 0 radical (unpaired) electrons. The maximum Gasteiger partial charge on any atom is 0.331 e. The molecule has 0 spiro atoms. The van der Waals surface area contributed by atoms with E-state index in [1.807, 2.05) is 24.3 Å². The van der Waals surface area contributed by atoms with Crippen LogP contribution in [0.1, 0.15) is 30.0 Å². The van der Waals surface area contributed by atoms with Crippen LogP contribution in [0.2, 0.25) is 0 Å². The minimum absolute atomic E-state index is 0.0240. The highest BCUT2D eigenvalue weighted by molar-refractivity contribution is 5.87. The van der Waals surface area contributed by atoms with Gasteiger partial charge in [0.05, 0.1) is 5.92 Å². The van der Waals surface area contributed by atoms with Crippen molar-refractivity contribution in [2.75, 3.05) is 19.6 Å². The van der Waals surface area contributed by atoms with Crippen LogP contribution in [0.25, 0.3) is 0 Å². The van der Waals surface area contributed by atoms with Crippen molar-refractivity contribution in [2.24, 2.45) is 5.92 Å². The van der Waals surface area contributed by atoms with Crippen molar-refractivity contribution in [3.8, 4) is 0 Å². The van der Waals surface area contributed by atoms with E-state index in [1.54, 1.807) is 4.90 Å². The van der Waals surface area contributed by atoms with Gasteiger partial charge in [0.15, 0.2) is 6.04 Å². The lowest BCUT2D eigenvalue weighted by atomic mass is 9.90. The lowest BCUT2D eigenvalue weighted by Crippen LogP contribution is -2.49. The number of carboxylic acid groups (broad SMARTS) is 1. The lowest BCUT2D eigenvalue weighted by molar-refractivity contribution is -0.153. The Hall–Kier alpha value is -1.88. The van der Waals surface area contributed by atoms with E-state index < -0.39 is 12.0 Å². The first kappa shape index (κ1) is 14.1. The summed E-state index contributed by atoms with van der Waals surface area (Å²) in [5.41, 5.74) is 1.80. The van der Waals surface area contributed by atoms with E-state index in [9.17, 15) is 14.7 Å². The number of amides is 1. The first-order valence-corrected chi connectivity index (χ1v) is 7.50. The molecule has 1 fully saturated rings. The van der Waals surface area contributed by atoms with Crippen LogP contribution < -0.4 is 5.32 Å². The predicted molar refractivity (Wildman–Crippen MR) is 77.8 cm³/mol. The Bertz CT molecular complexity index is 552. The molecule has 0 aliphatic carbocycles. The smallest absolute Gasteiger partial charge is 0.331 e. The van der Waals surface area contributed by atoms with Gasteiger partial charge >= 0.3 is 5.97 Å². The van der Waals surface area contributed by atoms with Crippen molar-refractivity contribution in [3.63, 3.8) is 0 Å². The zero-order valence-electron chi connectivity index (χ0n) is 11.9. The summed E-state index contributed by atoms with van der Waals surface area (Å²) in [5.74, 6) is -1.06. The van der Waals surface area contributed by atoms with Gasteiger partial charge in [-0.2, -0.15) is 0 Å². The van der Waals surface area contributed by atoms with Gasteiger partial charge in [0, 0.05) is 13.1 Å². The first-order valence-electron chi connectivity index (χ1n) is 7.50. The number of nitrogens with one attached hydrogen (secondary N) is 1. The molecular weight excluding hydrogens is 268 g/mol. The Labute approximate surface area is 123 Å². The number of carbonyl (C=O) groups excluding carboxylic acids is 1. The van der Waals surface area contributed by atoms with E-state index in [4.69, 9.17) is 0 Å². The van der Waals surface area contributed by atoms with Crippen LogP contribution in [0, 0.1) is 5.92 Å². The van der Waals surface area contributed by atoms with Gasteiger partial charge in [-0.3, -0.25) is 4.79 Å². The molecule has 2 aliphatic rings. The predicted octanol–water partition coefficient (Wildman–Crippen LogP) is 1.20. The van der Waals surface area contributed by atoms with Crippen molar-refractivity contribution < 1.29 is 14.7 Å². The molecule has 0 saturated carbocycles. The summed E-state index contributed by atoms with van der Waals surface area (Å²) in [6.07, 6.45) is 2.54. The zero-order chi connectivity index (χ0) is 14.8. The van der Waals surface area contributed by atoms with Gasteiger partial charge in [0.25, 0.3) is 0 Å². The van der Waals surface area contributed by atoms with Gasteiger partial charge in [-0.15, -0.1) is 0 Å². The number of hydrogen-bond donors (Lipinski definition) is 2. The van der Waals surface area contributed by atoms with Crippen LogP contribution in [-0.2, 0) is 16.0 Å². The van der Waals surface area contributed by atoms with Crippen molar-refractivity contribution in [1.82, 2.24) is 10.2 Å². The van der Waals surface area contributed by atoms with Crippen LogP contribution in [0.15, 0.2) is 24.3 Å².